The molecule has 4 heteroatoms. The Morgan fingerprint density at radius 3 is 2.38 bits per heavy atom. The molecule has 0 aromatic heterocycles. The maximum Gasteiger partial charge on any atom is 0.195 e. The van der Waals surface area contributed by atoms with Gasteiger partial charge in [-0.2, -0.15) is 0 Å². The summed E-state index contributed by atoms with van der Waals surface area (Å²) in [5.41, 5.74) is 0.439. The third-order valence-electron chi connectivity index (χ3n) is 2.13. The standard InChI is InChI=1S/C12H14O4/c1-7(2)12(14)11-9(13)5-8(15-3)6-10(11)16-4/h5-6,13H,1H2,2-4H3. The van der Waals surface area contributed by atoms with Gasteiger partial charge in [-0.3, -0.25) is 4.79 Å². The Bertz CT molecular complexity index is 435. The first kappa shape index (κ1) is 12.1. The van der Waals surface area contributed by atoms with Gasteiger partial charge in [-0.25, -0.2) is 0 Å². The van der Waals surface area contributed by atoms with Crippen molar-refractivity contribution in [3.63, 3.8) is 0 Å². The van der Waals surface area contributed by atoms with Gasteiger partial charge in [0.15, 0.2) is 5.78 Å². The van der Waals surface area contributed by atoms with Crippen molar-refractivity contribution in [1.82, 2.24) is 0 Å². The smallest absolute Gasteiger partial charge is 0.195 e. The second kappa shape index (κ2) is 4.70. The number of phenols is 1. The monoisotopic (exact) mass is 222 g/mol. The number of Topliss-reactive ketones (excluding diaryl/α,β-unsaturated/α-hetero) is 1. The number of allylic oxidation sites excluding steroid dienone is 1. The molecule has 0 aliphatic carbocycles. The average Bonchev–Trinajstić information content (AvgIpc) is 2.26. The van der Waals surface area contributed by atoms with Crippen LogP contribution < -0.4 is 9.47 Å². The molecule has 0 heterocycles. The Balaban J connectivity index is 3.38. The lowest BCUT2D eigenvalue weighted by Crippen LogP contribution is -2.03. The highest BCUT2D eigenvalue weighted by molar-refractivity contribution is 6.11. The predicted octanol–water partition coefficient (Wildman–Crippen LogP) is 2.17. The van der Waals surface area contributed by atoms with Gasteiger partial charge in [0.2, 0.25) is 0 Å². The molecule has 0 unspecified atom stereocenters. The van der Waals surface area contributed by atoms with Gasteiger partial charge in [-0.05, 0) is 12.5 Å². The molecule has 0 fully saturated rings. The van der Waals surface area contributed by atoms with Crippen LogP contribution in [0.3, 0.4) is 0 Å². The summed E-state index contributed by atoms with van der Waals surface area (Å²) in [7, 11) is 2.89. The molecule has 0 saturated carbocycles. The van der Waals surface area contributed by atoms with E-state index in [0.717, 1.165) is 0 Å². The molecule has 1 aromatic rings. The van der Waals surface area contributed by atoms with Crippen molar-refractivity contribution >= 4 is 5.78 Å². The zero-order valence-electron chi connectivity index (χ0n) is 9.53. The van der Waals surface area contributed by atoms with E-state index in [9.17, 15) is 9.90 Å². The zero-order chi connectivity index (χ0) is 12.3. The highest BCUT2D eigenvalue weighted by atomic mass is 16.5. The number of carbonyl (C=O) groups is 1. The largest absolute Gasteiger partial charge is 0.507 e. The first-order chi connectivity index (χ1) is 7.51. The number of aromatic hydroxyl groups is 1. The fraction of sp³-hybridized carbons (Fsp3) is 0.250. The summed E-state index contributed by atoms with van der Waals surface area (Å²) in [4.78, 5) is 11.8. The molecule has 0 aliphatic heterocycles. The van der Waals surface area contributed by atoms with Crippen LogP contribution >= 0.6 is 0 Å². The summed E-state index contributed by atoms with van der Waals surface area (Å²) < 4.78 is 10.00. The minimum atomic E-state index is -0.350. The van der Waals surface area contributed by atoms with Crippen LogP contribution in [0.15, 0.2) is 24.3 Å². The molecule has 1 rings (SSSR count). The molecule has 4 nitrogen and oxygen atoms in total. The normalized spacial score (nSPS) is 9.69. The first-order valence-electron chi connectivity index (χ1n) is 4.66. The van der Waals surface area contributed by atoms with E-state index in [-0.39, 0.29) is 22.8 Å². The highest BCUT2D eigenvalue weighted by Gasteiger charge is 2.19. The Morgan fingerprint density at radius 1 is 1.31 bits per heavy atom. The Morgan fingerprint density at radius 2 is 1.94 bits per heavy atom. The van der Waals surface area contributed by atoms with Crippen LogP contribution in [-0.4, -0.2) is 25.1 Å². The fourth-order valence-corrected chi connectivity index (χ4v) is 1.30. The topological polar surface area (TPSA) is 55.8 Å². The average molecular weight is 222 g/mol. The van der Waals surface area contributed by atoms with Gasteiger partial charge in [0, 0.05) is 12.1 Å². The number of hydrogen-bond acceptors (Lipinski definition) is 4. The van der Waals surface area contributed by atoms with Crippen molar-refractivity contribution in [2.75, 3.05) is 14.2 Å². The summed E-state index contributed by atoms with van der Waals surface area (Å²) in [6.07, 6.45) is 0. The first-order valence-corrected chi connectivity index (χ1v) is 4.66. The van der Waals surface area contributed by atoms with Gasteiger partial charge >= 0.3 is 0 Å². The number of ketones is 1. The molecule has 0 spiro atoms. The van der Waals surface area contributed by atoms with E-state index in [0.29, 0.717) is 11.3 Å². The second-order valence-electron chi connectivity index (χ2n) is 3.33. The molecule has 0 radical (unpaired) electrons. The predicted molar refractivity (Wildman–Crippen MR) is 60.4 cm³/mol. The van der Waals surface area contributed by atoms with Gasteiger partial charge < -0.3 is 14.6 Å². The number of benzene rings is 1. The summed E-state index contributed by atoms with van der Waals surface area (Å²) in [6, 6.07) is 2.90. The molecule has 0 saturated heterocycles. The van der Waals surface area contributed by atoms with Crippen LogP contribution in [-0.2, 0) is 0 Å². The summed E-state index contributed by atoms with van der Waals surface area (Å²) in [5.74, 6) is 0.165. The zero-order valence-corrected chi connectivity index (χ0v) is 9.53. The molecule has 0 atom stereocenters. The number of phenolic OH excluding ortho intramolecular Hbond substituents is 1. The van der Waals surface area contributed by atoms with Gasteiger partial charge in [0.1, 0.15) is 22.8 Å². The van der Waals surface area contributed by atoms with Gasteiger partial charge in [0.25, 0.3) is 0 Å². The van der Waals surface area contributed by atoms with E-state index in [1.807, 2.05) is 0 Å². The van der Waals surface area contributed by atoms with Crippen LogP contribution in [0, 0.1) is 0 Å². The number of rotatable bonds is 4. The minimum Gasteiger partial charge on any atom is -0.507 e. The van der Waals surface area contributed by atoms with Crippen LogP contribution in [0.4, 0.5) is 0 Å². The van der Waals surface area contributed by atoms with Crippen molar-refractivity contribution in [2.24, 2.45) is 0 Å². The molecular weight excluding hydrogens is 208 g/mol. The van der Waals surface area contributed by atoms with E-state index in [2.05, 4.69) is 6.58 Å². The Hall–Kier alpha value is -1.97. The van der Waals surface area contributed by atoms with Gasteiger partial charge in [0.05, 0.1) is 14.2 Å². The van der Waals surface area contributed by atoms with E-state index in [4.69, 9.17) is 9.47 Å². The Kier molecular flexibility index (Phi) is 3.55. The molecule has 16 heavy (non-hydrogen) atoms. The van der Waals surface area contributed by atoms with Gasteiger partial charge in [-0.15, -0.1) is 0 Å². The SMILES string of the molecule is C=C(C)C(=O)c1c(O)cc(OC)cc1OC. The maximum absolute atomic E-state index is 11.8. The second-order valence-corrected chi connectivity index (χ2v) is 3.33. The molecule has 86 valence electrons. The molecule has 0 amide bonds. The van der Waals surface area contributed by atoms with Crippen molar-refractivity contribution in [3.8, 4) is 17.2 Å². The van der Waals surface area contributed by atoms with Crippen molar-refractivity contribution in [3.05, 3.63) is 29.8 Å². The summed E-state index contributed by atoms with van der Waals surface area (Å²) in [6.45, 7) is 5.12. The molecular formula is C12H14O4. The van der Waals surface area contributed by atoms with E-state index >= 15 is 0 Å². The lowest BCUT2D eigenvalue weighted by molar-refractivity contribution is 0.102. The molecule has 1 N–H and O–H groups in total. The molecule has 1 aromatic carbocycles. The maximum atomic E-state index is 11.8. The number of ether oxygens (including phenoxy) is 2. The molecule has 0 bridgehead atoms. The third kappa shape index (κ3) is 2.16. The van der Waals surface area contributed by atoms with Crippen LogP contribution in [0.1, 0.15) is 17.3 Å². The fourth-order valence-electron chi connectivity index (χ4n) is 1.30. The number of hydrogen-bond donors (Lipinski definition) is 1. The third-order valence-corrected chi connectivity index (χ3v) is 2.13. The van der Waals surface area contributed by atoms with Crippen LogP contribution in [0.5, 0.6) is 17.2 Å². The van der Waals surface area contributed by atoms with Crippen LogP contribution in [0.2, 0.25) is 0 Å². The highest BCUT2D eigenvalue weighted by Crippen LogP contribution is 2.34. The Labute approximate surface area is 94.1 Å². The van der Waals surface area contributed by atoms with Crippen molar-refractivity contribution in [2.45, 2.75) is 6.92 Å². The lowest BCUT2D eigenvalue weighted by Gasteiger charge is -2.11. The van der Waals surface area contributed by atoms with Gasteiger partial charge in [-0.1, -0.05) is 6.58 Å². The quantitative estimate of drug-likeness (QED) is 0.626. The minimum absolute atomic E-state index is 0.107. The molecule has 0 aliphatic rings. The number of methoxy groups -OCH3 is 2. The van der Waals surface area contributed by atoms with E-state index in [1.54, 1.807) is 6.92 Å². The van der Waals surface area contributed by atoms with Crippen molar-refractivity contribution in [1.29, 1.82) is 0 Å². The summed E-state index contributed by atoms with van der Waals surface area (Å²) >= 11 is 0. The van der Waals surface area contributed by atoms with Crippen molar-refractivity contribution < 1.29 is 19.4 Å². The van der Waals surface area contributed by atoms with E-state index < -0.39 is 0 Å². The lowest BCUT2D eigenvalue weighted by atomic mass is 10.0. The number of carbonyl (C=O) groups excluding carboxylic acids is 1. The van der Waals surface area contributed by atoms with E-state index in [1.165, 1.54) is 26.4 Å². The summed E-state index contributed by atoms with van der Waals surface area (Å²) in [5, 5.41) is 9.73. The van der Waals surface area contributed by atoms with Crippen LogP contribution in [0.25, 0.3) is 0 Å².